The molecule has 0 unspecified atom stereocenters. The lowest BCUT2D eigenvalue weighted by molar-refractivity contribution is 0.0952. The van der Waals surface area contributed by atoms with Gasteiger partial charge >= 0.3 is 0 Å². The molecule has 0 saturated carbocycles. The van der Waals surface area contributed by atoms with E-state index in [4.69, 9.17) is 0 Å². The zero-order valence-electron chi connectivity index (χ0n) is 11.8. The Morgan fingerprint density at radius 2 is 1.84 bits per heavy atom. The third-order valence-electron chi connectivity index (χ3n) is 2.69. The van der Waals surface area contributed by atoms with Crippen LogP contribution in [0.25, 0.3) is 0 Å². The van der Waals surface area contributed by atoms with Crippen LogP contribution in [0.2, 0.25) is 0 Å². The van der Waals surface area contributed by atoms with Gasteiger partial charge in [-0.3, -0.25) is 15.6 Å². The maximum Gasteiger partial charge on any atom is 0.251 e. The highest BCUT2D eigenvalue weighted by Crippen LogP contribution is 2.04. The van der Waals surface area contributed by atoms with E-state index in [1.54, 1.807) is 0 Å². The molecule has 4 nitrogen and oxygen atoms in total. The van der Waals surface area contributed by atoms with Gasteiger partial charge in [0, 0.05) is 18.7 Å². The number of amides is 1. The summed E-state index contributed by atoms with van der Waals surface area (Å²) < 4.78 is 0. The summed E-state index contributed by atoms with van der Waals surface area (Å²) in [5.74, 6) is 0.615. The van der Waals surface area contributed by atoms with Crippen LogP contribution in [0.4, 0.5) is 0 Å². The molecule has 5 heteroatoms. The summed E-state index contributed by atoms with van der Waals surface area (Å²) in [4.78, 5) is 11.8. The number of hydrogen-bond donors (Lipinski definition) is 3. The van der Waals surface area contributed by atoms with E-state index >= 15 is 0 Å². The number of hydrogen-bond acceptors (Lipinski definition) is 3. The summed E-state index contributed by atoms with van der Waals surface area (Å²) in [5, 5.41) is 2.93. The van der Waals surface area contributed by atoms with Crippen LogP contribution in [0.3, 0.4) is 0 Å². The van der Waals surface area contributed by atoms with Gasteiger partial charge in [-0.1, -0.05) is 26.0 Å². The van der Waals surface area contributed by atoms with Crippen molar-refractivity contribution in [3.05, 3.63) is 35.4 Å². The molecule has 1 aromatic rings. The first-order valence-corrected chi connectivity index (χ1v) is 6.40. The van der Waals surface area contributed by atoms with E-state index in [2.05, 4.69) is 30.0 Å². The Bertz CT molecular complexity index is 365. The molecule has 0 aromatic heterocycles. The zero-order chi connectivity index (χ0) is 13.4. The Hall–Kier alpha value is -0.910. The number of rotatable bonds is 7. The minimum atomic E-state index is 0. The molecule has 0 saturated heterocycles. The first kappa shape index (κ1) is 18.1. The number of benzene rings is 1. The average Bonchev–Trinajstić information content (AvgIpc) is 2.36. The molecule has 0 aliphatic heterocycles. The molecular formula is C14H24BrN3O. The number of carbonyl (C=O) groups excluding carboxylic acids is 1. The number of hydrazine groups is 1. The normalized spacial score (nSPS) is 10.1. The molecule has 0 aliphatic rings. The third kappa shape index (κ3) is 7.30. The Morgan fingerprint density at radius 1 is 1.21 bits per heavy atom. The van der Waals surface area contributed by atoms with Crippen LogP contribution in [-0.4, -0.2) is 19.5 Å². The van der Waals surface area contributed by atoms with E-state index in [1.807, 2.05) is 31.3 Å². The molecule has 19 heavy (non-hydrogen) atoms. The van der Waals surface area contributed by atoms with Crippen molar-refractivity contribution < 1.29 is 4.79 Å². The molecular weight excluding hydrogens is 306 g/mol. The van der Waals surface area contributed by atoms with Gasteiger partial charge in [0.1, 0.15) is 0 Å². The predicted octanol–water partition coefficient (Wildman–Crippen LogP) is 2.26. The van der Waals surface area contributed by atoms with Gasteiger partial charge in [-0.25, -0.2) is 0 Å². The summed E-state index contributed by atoms with van der Waals surface area (Å²) in [6, 6.07) is 7.64. The molecule has 0 spiro atoms. The highest BCUT2D eigenvalue weighted by Gasteiger charge is 2.04. The Kier molecular flexibility index (Phi) is 9.47. The van der Waals surface area contributed by atoms with Crippen molar-refractivity contribution in [3.63, 3.8) is 0 Å². The van der Waals surface area contributed by atoms with Crippen LogP contribution in [0.1, 0.15) is 36.2 Å². The second kappa shape index (κ2) is 9.95. The van der Waals surface area contributed by atoms with E-state index in [-0.39, 0.29) is 22.9 Å². The first-order chi connectivity index (χ1) is 8.63. The molecule has 108 valence electrons. The van der Waals surface area contributed by atoms with Gasteiger partial charge < -0.3 is 5.32 Å². The van der Waals surface area contributed by atoms with Crippen LogP contribution < -0.4 is 16.2 Å². The fraction of sp³-hybridized carbons (Fsp3) is 0.500. The lowest BCUT2D eigenvalue weighted by Crippen LogP contribution is -2.27. The smallest absolute Gasteiger partial charge is 0.251 e. The van der Waals surface area contributed by atoms with Crippen LogP contribution in [0.15, 0.2) is 24.3 Å². The average molecular weight is 330 g/mol. The van der Waals surface area contributed by atoms with E-state index < -0.39 is 0 Å². The summed E-state index contributed by atoms with van der Waals surface area (Å²) in [7, 11) is 1.83. The summed E-state index contributed by atoms with van der Waals surface area (Å²) >= 11 is 0. The standard InChI is InChI=1S/C14H23N3O.BrH/c1-11(2)8-9-16-14(18)13-6-4-12(5-7-13)10-17-15-3;/h4-7,11,15,17H,8-10H2,1-3H3,(H,16,18);1H. The molecule has 0 atom stereocenters. The van der Waals surface area contributed by atoms with Crippen LogP contribution in [0, 0.1) is 5.92 Å². The minimum absolute atomic E-state index is 0. The van der Waals surface area contributed by atoms with Crippen LogP contribution in [0.5, 0.6) is 0 Å². The van der Waals surface area contributed by atoms with Gasteiger partial charge in [0.2, 0.25) is 0 Å². The molecule has 0 radical (unpaired) electrons. The number of halogens is 1. The van der Waals surface area contributed by atoms with Crippen molar-refractivity contribution in [2.75, 3.05) is 13.6 Å². The Balaban J connectivity index is 0.00000324. The molecule has 0 fully saturated rings. The van der Waals surface area contributed by atoms with Gasteiger partial charge in [-0.2, -0.15) is 0 Å². The quantitative estimate of drug-likeness (QED) is 0.672. The van der Waals surface area contributed by atoms with Crippen molar-refractivity contribution >= 4 is 22.9 Å². The van der Waals surface area contributed by atoms with Crippen LogP contribution >= 0.6 is 17.0 Å². The van der Waals surface area contributed by atoms with Gasteiger partial charge in [0.05, 0.1) is 0 Å². The first-order valence-electron chi connectivity index (χ1n) is 6.40. The largest absolute Gasteiger partial charge is 0.352 e. The fourth-order valence-corrected chi connectivity index (χ4v) is 1.54. The van der Waals surface area contributed by atoms with Gasteiger partial charge in [0.15, 0.2) is 0 Å². The zero-order valence-corrected chi connectivity index (χ0v) is 13.5. The van der Waals surface area contributed by atoms with Crippen molar-refractivity contribution in [1.82, 2.24) is 16.2 Å². The summed E-state index contributed by atoms with van der Waals surface area (Å²) in [6.07, 6.45) is 1.01. The van der Waals surface area contributed by atoms with Gasteiger partial charge in [-0.15, -0.1) is 17.0 Å². The fourth-order valence-electron chi connectivity index (χ4n) is 1.54. The highest BCUT2D eigenvalue weighted by atomic mass is 79.9. The van der Waals surface area contributed by atoms with Crippen LogP contribution in [-0.2, 0) is 6.54 Å². The maximum absolute atomic E-state index is 11.8. The topological polar surface area (TPSA) is 53.2 Å². The monoisotopic (exact) mass is 329 g/mol. The molecule has 1 amide bonds. The van der Waals surface area contributed by atoms with Crippen molar-refractivity contribution in [1.29, 1.82) is 0 Å². The highest BCUT2D eigenvalue weighted by molar-refractivity contribution is 8.93. The van der Waals surface area contributed by atoms with Gasteiger partial charge in [0.25, 0.3) is 5.91 Å². The summed E-state index contributed by atoms with van der Waals surface area (Å²) in [6.45, 7) is 5.77. The molecule has 0 bridgehead atoms. The predicted molar refractivity (Wildman–Crippen MR) is 84.5 cm³/mol. The van der Waals surface area contributed by atoms with Gasteiger partial charge in [-0.05, 0) is 37.1 Å². The lowest BCUT2D eigenvalue weighted by atomic mass is 10.1. The second-order valence-electron chi connectivity index (χ2n) is 4.74. The van der Waals surface area contributed by atoms with Crippen molar-refractivity contribution in [2.24, 2.45) is 5.92 Å². The third-order valence-corrected chi connectivity index (χ3v) is 2.69. The molecule has 3 N–H and O–H groups in total. The molecule has 1 aromatic carbocycles. The Labute approximate surface area is 126 Å². The number of nitrogens with one attached hydrogen (secondary N) is 3. The maximum atomic E-state index is 11.8. The second-order valence-corrected chi connectivity index (χ2v) is 4.74. The minimum Gasteiger partial charge on any atom is -0.352 e. The van der Waals surface area contributed by atoms with E-state index in [1.165, 1.54) is 0 Å². The van der Waals surface area contributed by atoms with Crippen molar-refractivity contribution in [2.45, 2.75) is 26.8 Å². The van der Waals surface area contributed by atoms with E-state index in [0.29, 0.717) is 11.5 Å². The van der Waals surface area contributed by atoms with Crippen molar-refractivity contribution in [3.8, 4) is 0 Å². The lowest BCUT2D eigenvalue weighted by Gasteiger charge is -2.08. The summed E-state index contributed by atoms with van der Waals surface area (Å²) in [5.41, 5.74) is 7.73. The molecule has 0 heterocycles. The molecule has 1 rings (SSSR count). The molecule has 0 aliphatic carbocycles. The Morgan fingerprint density at radius 3 is 2.37 bits per heavy atom. The number of carbonyl (C=O) groups is 1. The van der Waals surface area contributed by atoms with E-state index in [9.17, 15) is 4.79 Å². The van der Waals surface area contributed by atoms with E-state index in [0.717, 1.165) is 25.1 Å². The SMILES string of the molecule is Br.CNNCc1ccc(C(=O)NCCC(C)C)cc1.